The SMILES string of the molecule is CNCC(n1ccnc1C)C12CC3CC(CC(C3)C1)C2. The van der Waals surface area contributed by atoms with E-state index in [0.717, 1.165) is 24.3 Å². The lowest BCUT2D eigenvalue weighted by atomic mass is 9.47. The largest absolute Gasteiger partial charge is 0.330 e. The molecule has 4 aliphatic rings. The van der Waals surface area contributed by atoms with Crippen LogP contribution in [-0.2, 0) is 0 Å². The minimum atomic E-state index is 0.545. The zero-order valence-electron chi connectivity index (χ0n) is 12.8. The standard InChI is InChI=1S/C17H27N3/c1-12-19-3-4-20(12)16(11-18-2)17-8-13-5-14(9-17)7-15(6-13)10-17/h3-4,13-16,18H,5-11H2,1-2H3. The minimum Gasteiger partial charge on any atom is -0.330 e. The van der Waals surface area contributed by atoms with Crippen LogP contribution in [0.2, 0.25) is 0 Å². The topological polar surface area (TPSA) is 29.9 Å². The summed E-state index contributed by atoms with van der Waals surface area (Å²) >= 11 is 0. The molecule has 0 spiro atoms. The molecule has 3 heteroatoms. The average Bonchev–Trinajstić information content (AvgIpc) is 2.80. The van der Waals surface area contributed by atoms with Gasteiger partial charge in [0.2, 0.25) is 0 Å². The summed E-state index contributed by atoms with van der Waals surface area (Å²) in [6, 6.07) is 0.600. The number of nitrogens with one attached hydrogen (secondary N) is 1. The number of nitrogens with zero attached hydrogens (tertiary/aromatic N) is 2. The lowest BCUT2D eigenvalue weighted by molar-refractivity contribution is -0.0823. The second-order valence-electron chi connectivity index (χ2n) is 7.74. The summed E-state index contributed by atoms with van der Waals surface area (Å²) in [7, 11) is 2.10. The van der Waals surface area contributed by atoms with E-state index in [1.807, 2.05) is 6.20 Å². The number of likely N-dealkylation sites (N-methyl/N-ethyl adjacent to an activating group) is 1. The van der Waals surface area contributed by atoms with E-state index in [1.54, 1.807) is 0 Å². The van der Waals surface area contributed by atoms with E-state index in [0.29, 0.717) is 11.5 Å². The Balaban J connectivity index is 1.71. The first kappa shape index (κ1) is 12.9. The van der Waals surface area contributed by atoms with Crippen molar-refractivity contribution in [2.75, 3.05) is 13.6 Å². The Morgan fingerprint density at radius 2 is 1.85 bits per heavy atom. The molecule has 0 aromatic carbocycles. The molecule has 3 nitrogen and oxygen atoms in total. The summed E-state index contributed by atoms with van der Waals surface area (Å²) in [4.78, 5) is 4.48. The fraction of sp³-hybridized carbons (Fsp3) is 0.824. The first-order valence-electron chi connectivity index (χ1n) is 8.34. The summed E-state index contributed by atoms with van der Waals surface area (Å²) in [5.74, 6) is 4.24. The van der Waals surface area contributed by atoms with Gasteiger partial charge in [0.25, 0.3) is 0 Å². The fourth-order valence-corrected chi connectivity index (χ4v) is 6.11. The number of imidazole rings is 1. The second-order valence-corrected chi connectivity index (χ2v) is 7.74. The Morgan fingerprint density at radius 3 is 2.30 bits per heavy atom. The van der Waals surface area contributed by atoms with E-state index in [-0.39, 0.29) is 0 Å². The van der Waals surface area contributed by atoms with Crippen LogP contribution in [0.25, 0.3) is 0 Å². The molecule has 110 valence electrons. The molecule has 0 aliphatic heterocycles. The van der Waals surface area contributed by atoms with Gasteiger partial charge in [-0.15, -0.1) is 0 Å². The number of hydrogen-bond acceptors (Lipinski definition) is 2. The van der Waals surface area contributed by atoms with Crippen molar-refractivity contribution in [3.05, 3.63) is 18.2 Å². The van der Waals surface area contributed by atoms with Gasteiger partial charge in [0.1, 0.15) is 5.82 Å². The highest BCUT2D eigenvalue weighted by molar-refractivity contribution is 5.08. The molecule has 4 aliphatic carbocycles. The number of rotatable bonds is 4. The Kier molecular flexibility index (Phi) is 2.95. The minimum absolute atomic E-state index is 0.545. The fourth-order valence-electron chi connectivity index (χ4n) is 6.11. The molecule has 5 rings (SSSR count). The molecule has 1 N–H and O–H groups in total. The van der Waals surface area contributed by atoms with Crippen molar-refractivity contribution in [1.82, 2.24) is 14.9 Å². The maximum atomic E-state index is 4.48. The van der Waals surface area contributed by atoms with E-state index in [9.17, 15) is 0 Å². The maximum absolute atomic E-state index is 4.48. The van der Waals surface area contributed by atoms with Crippen LogP contribution in [0.5, 0.6) is 0 Å². The average molecular weight is 273 g/mol. The van der Waals surface area contributed by atoms with Crippen LogP contribution in [0.15, 0.2) is 12.4 Å². The molecule has 4 bridgehead atoms. The van der Waals surface area contributed by atoms with Crippen molar-refractivity contribution < 1.29 is 0 Å². The van der Waals surface area contributed by atoms with E-state index in [4.69, 9.17) is 0 Å². The Labute approximate surface area is 122 Å². The van der Waals surface area contributed by atoms with Gasteiger partial charge >= 0.3 is 0 Å². The van der Waals surface area contributed by atoms with E-state index < -0.39 is 0 Å². The highest BCUT2D eigenvalue weighted by atomic mass is 15.1. The van der Waals surface area contributed by atoms with Crippen LogP contribution in [0.4, 0.5) is 0 Å². The molecule has 0 amide bonds. The van der Waals surface area contributed by atoms with Crippen LogP contribution in [0, 0.1) is 30.1 Å². The molecular formula is C17H27N3. The van der Waals surface area contributed by atoms with Crippen molar-refractivity contribution >= 4 is 0 Å². The molecule has 4 fully saturated rings. The first-order valence-corrected chi connectivity index (χ1v) is 8.34. The summed E-state index contributed by atoms with van der Waals surface area (Å²) in [5.41, 5.74) is 0.545. The smallest absolute Gasteiger partial charge is 0.105 e. The number of aromatic nitrogens is 2. The lowest BCUT2D eigenvalue weighted by Crippen LogP contribution is -2.52. The normalized spacial score (nSPS) is 40.2. The number of aryl methyl sites for hydroxylation is 1. The predicted octanol–water partition coefficient (Wildman–Crippen LogP) is 3.17. The Hall–Kier alpha value is -0.830. The molecule has 1 heterocycles. The van der Waals surface area contributed by atoms with Gasteiger partial charge in [0.15, 0.2) is 0 Å². The zero-order chi connectivity index (χ0) is 13.7. The van der Waals surface area contributed by atoms with E-state index >= 15 is 0 Å². The Morgan fingerprint density at radius 1 is 1.25 bits per heavy atom. The molecule has 1 aromatic heterocycles. The monoisotopic (exact) mass is 273 g/mol. The Bertz CT molecular complexity index is 455. The summed E-state index contributed by atoms with van der Waals surface area (Å²) in [6.45, 7) is 3.24. The highest BCUT2D eigenvalue weighted by Gasteiger charge is 2.54. The van der Waals surface area contributed by atoms with Gasteiger partial charge in [0.05, 0.1) is 6.04 Å². The van der Waals surface area contributed by atoms with Crippen molar-refractivity contribution in [3.8, 4) is 0 Å². The first-order chi connectivity index (χ1) is 9.70. The predicted molar refractivity (Wildman–Crippen MR) is 80.5 cm³/mol. The summed E-state index contributed by atoms with van der Waals surface area (Å²) < 4.78 is 2.46. The van der Waals surface area contributed by atoms with E-state index in [2.05, 4.69) is 35.0 Å². The van der Waals surface area contributed by atoms with Gasteiger partial charge in [-0.3, -0.25) is 0 Å². The molecule has 1 aromatic rings. The molecule has 0 saturated heterocycles. The lowest BCUT2D eigenvalue weighted by Gasteiger charge is -2.59. The molecule has 1 atom stereocenters. The van der Waals surface area contributed by atoms with Crippen molar-refractivity contribution in [2.45, 2.75) is 51.5 Å². The van der Waals surface area contributed by atoms with Gasteiger partial charge in [0, 0.05) is 18.9 Å². The molecular weight excluding hydrogens is 246 g/mol. The van der Waals surface area contributed by atoms with Crippen molar-refractivity contribution in [1.29, 1.82) is 0 Å². The van der Waals surface area contributed by atoms with Gasteiger partial charge in [-0.05, 0) is 75.7 Å². The van der Waals surface area contributed by atoms with Gasteiger partial charge in [-0.1, -0.05) is 0 Å². The zero-order valence-corrected chi connectivity index (χ0v) is 12.8. The van der Waals surface area contributed by atoms with Crippen LogP contribution < -0.4 is 5.32 Å². The van der Waals surface area contributed by atoms with Gasteiger partial charge in [-0.25, -0.2) is 4.98 Å². The van der Waals surface area contributed by atoms with E-state index in [1.165, 1.54) is 44.3 Å². The summed E-state index contributed by atoms with van der Waals surface area (Å²) in [5, 5.41) is 3.46. The summed E-state index contributed by atoms with van der Waals surface area (Å²) in [6.07, 6.45) is 13.1. The van der Waals surface area contributed by atoms with Crippen molar-refractivity contribution in [3.63, 3.8) is 0 Å². The number of hydrogen-bond donors (Lipinski definition) is 1. The van der Waals surface area contributed by atoms with Crippen LogP contribution in [0.3, 0.4) is 0 Å². The molecule has 4 saturated carbocycles. The molecule has 20 heavy (non-hydrogen) atoms. The third-order valence-electron chi connectivity index (χ3n) is 6.39. The van der Waals surface area contributed by atoms with Crippen LogP contribution in [-0.4, -0.2) is 23.1 Å². The molecule has 1 unspecified atom stereocenters. The second kappa shape index (κ2) is 4.59. The van der Waals surface area contributed by atoms with Crippen LogP contribution in [0.1, 0.15) is 50.4 Å². The highest BCUT2D eigenvalue weighted by Crippen LogP contribution is 2.63. The van der Waals surface area contributed by atoms with Crippen LogP contribution >= 0.6 is 0 Å². The maximum Gasteiger partial charge on any atom is 0.105 e. The van der Waals surface area contributed by atoms with Crippen molar-refractivity contribution in [2.24, 2.45) is 23.2 Å². The third-order valence-corrected chi connectivity index (χ3v) is 6.39. The van der Waals surface area contributed by atoms with Gasteiger partial charge in [-0.2, -0.15) is 0 Å². The quantitative estimate of drug-likeness (QED) is 0.913. The van der Waals surface area contributed by atoms with Gasteiger partial charge < -0.3 is 9.88 Å². The molecule has 0 radical (unpaired) electrons. The third kappa shape index (κ3) is 1.86.